The van der Waals surface area contributed by atoms with Crippen LogP contribution in [0.1, 0.15) is 44.6 Å². The molecule has 1 unspecified atom stereocenters. The van der Waals surface area contributed by atoms with Crippen LogP contribution in [0.25, 0.3) is 0 Å². The molecule has 2 heterocycles. The minimum atomic E-state index is -0.366. The monoisotopic (exact) mass is 294 g/mol. The Hall–Kier alpha value is -2.12. The van der Waals surface area contributed by atoms with Gasteiger partial charge in [-0.25, -0.2) is 9.48 Å². The second-order valence-electron chi connectivity index (χ2n) is 5.61. The van der Waals surface area contributed by atoms with Gasteiger partial charge in [0.05, 0.1) is 18.8 Å². The van der Waals surface area contributed by atoms with Gasteiger partial charge in [-0.15, -0.1) is 5.10 Å². The van der Waals surface area contributed by atoms with Gasteiger partial charge in [0.1, 0.15) is 11.7 Å². The zero-order valence-electron chi connectivity index (χ0n) is 12.6. The topological polar surface area (TPSA) is 101 Å². The summed E-state index contributed by atoms with van der Waals surface area (Å²) in [6.07, 6.45) is 0.943. The highest BCUT2D eigenvalue weighted by Crippen LogP contribution is 2.16. The number of aromatic nitrogens is 3. The molecule has 2 rings (SSSR count). The summed E-state index contributed by atoms with van der Waals surface area (Å²) in [6.45, 7) is 7.32. The van der Waals surface area contributed by atoms with Gasteiger partial charge in [-0.2, -0.15) is 0 Å². The van der Waals surface area contributed by atoms with Crippen LogP contribution in [-0.4, -0.2) is 33.5 Å². The van der Waals surface area contributed by atoms with E-state index in [-0.39, 0.29) is 18.0 Å². The number of fused-ring (bicyclic) bond motifs is 1. The molecule has 8 heteroatoms. The molecule has 1 aromatic rings. The molecule has 0 saturated heterocycles. The highest BCUT2D eigenvalue weighted by atomic mass is 16.2. The number of urea groups is 1. The van der Waals surface area contributed by atoms with Crippen LogP contribution in [0.2, 0.25) is 0 Å². The quantitative estimate of drug-likeness (QED) is 0.727. The third-order valence-electron chi connectivity index (χ3n) is 3.47. The smallest absolute Gasteiger partial charge is 0.315 e. The molecule has 0 spiro atoms. The van der Waals surface area contributed by atoms with Crippen molar-refractivity contribution in [1.29, 1.82) is 0 Å². The van der Waals surface area contributed by atoms with Crippen molar-refractivity contribution >= 4 is 11.9 Å². The number of carbonyl (C=O) groups is 2. The fraction of sp³-hybridized carbons (Fsp3) is 0.692. The summed E-state index contributed by atoms with van der Waals surface area (Å²) in [5.41, 5.74) is 1.52. The summed E-state index contributed by atoms with van der Waals surface area (Å²) in [7, 11) is 0. The van der Waals surface area contributed by atoms with Crippen molar-refractivity contribution in [3.63, 3.8) is 0 Å². The summed E-state index contributed by atoms with van der Waals surface area (Å²) in [5.74, 6) is 0.484. The van der Waals surface area contributed by atoms with E-state index in [1.54, 1.807) is 11.6 Å². The van der Waals surface area contributed by atoms with Crippen molar-refractivity contribution < 1.29 is 9.59 Å². The van der Waals surface area contributed by atoms with E-state index < -0.39 is 0 Å². The lowest BCUT2D eigenvalue weighted by Gasteiger charge is -2.20. The molecule has 1 atom stereocenters. The minimum absolute atomic E-state index is 0.0710. The van der Waals surface area contributed by atoms with Gasteiger partial charge in [-0.3, -0.25) is 4.79 Å². The zero-order chi connectivity index (χ0) is 15.4. The molecular formula is C13H22N6O2. The fourth-order valence-electron chi connectivity index (χ4n) is 2.11. The molecule has 1 aromatic heterocycles. The minimum Gasteiger partial charge on any atom is -0.349 e. The van der Waals surface area contributed by atoms with Crippen molar-refractivity contribution in [1.82, 2.24) is 30.9 Å². The maximum absolute atomic E-state index is 11.7. The Morgan fingerprint density at radius 1 is 1.48 bits per heavy atom. The Balaban J connectivity index is 1.86. The van der Waals surface area contributed by atoms with Gasteiger partial charge in [0, 0.05) is 6.54 Å². The largest absolute Gasteiger partial charge is 0.349 e. The van der Waals surface area contributed by atoms with Crippen molar-refractivity contribution in [2.45, 2.75) is 46.3 Å². The molecule has 3 amide bonds. The van der Waals surface area contributed by atoms with Gasteiger partial charge >= 0.3 is 6.03 Å². The molecule has 1 aliphatic heterocycles. The first kappa shape index (κ1) is 15.3. The number of carbonyl (C=O) groups excluding carboxylic acids is 2. The predicted molar refractivity (Wildman–Crippen MR) is 76.3 cm³/mol. The molecule has 21 heavy (non-hydrogen) atoms. The molecule has 1 aliphatic rings. The van der Waals surface area contributed by atoms with E-state index in [4.69, 9.17) is 0 Å². The second kappa shape index (κ2) is 6.55. The van der Waals surface area contributed by atoms with Gasteiger partial charge in [0.25, 0.3) is 0 Å². The third-order valence-corrected chi connectivity index (χ3v) is 3.47. The Morgan fingerprint density at radius 3 is 2.95 bits per heavy atom. The summed E-state index contributed by atoms with van der Waals surface area (Å²) in [6, 6.07) is -0.583. The molecule has 0 radical (unpaired) electrons. The van der Waals surface area contributed by atoms with Crippen LogP contribution < -0.4 is 16.0 Å². The van der Waals surface area contributed by atoms with Crippen LogP contribution in [0.4, 0.5) is 4.79 Å². The molecule has 0 saturated carbocycles. The van der Waals surface area contributed by atoms with E-state index >= 15 is 0 Å². The van der Waals surface area contributed by atoms with Crippen molar-refractivity contribution in [3.05, 3.63) is 11.4 Å². The number of nitrogens with one attached hydrogen (secondary N) is 3. The van der Waals surface area contributed by atoms with Gasteiger partial charge < -0.3 is 16.0 Å². The van der Waals surface area contributed by atoms with E-state index in [2.05, 4.69) is 40.1 Å². The highest BCUT2D eigenvalue weighted by molar-refractivity contribution is 5.80. The van der Waals surface area contributed by atoms with E-state index in [0.717, 1.165) is 12.1 Å². The number of rotatable bonds is 5. The van der Waals surface area contributed by atoms with Crippen LogP contribution in [0.5, 0.6) is 0 Å². The van der Waals surface area contributed by atoms with Crippen LogP contribution in [0, 0.1) is 5.92 Å². The number of amides is 3. The number of nitrogens with zero attached hydrogens (tertiary/aromatic N) is 3. The van der Waals surface area contributed by atoms with Crippen molar-refractivity contribution in [2.24, 2.45) is 5.92 Å². The summed E-state index contributed by atoms with van der Waals surface area (Å²) >= 11 is 0. The lowest BCUT2D eigenvalue weighted by atomic mass is 10.1. The Morgan fingerprint density at radius 2 is 2.24 bits per heavy atom. The van der Waals surface area contributed by atoms with E-state index in [1.165, 1.54) is 0 Å². The van der Waals surface area contributed by atoms with E-state index in [0.29, 0.717) is 31.2 Å². The Labute approximate surface area is 123 Å². The first-order valence-corrected chi connectivity index (χ1v) is 7.21. The normalized spacial score (nSPS) is 17.3. The first-order chi connectivity index (χ1) is 9.99. The molecular weight excluding hydrogens is 272 g/mol. The molecule has 0 aromatic carbocycles. The number of hydrogen-bond acceptors (Lipinski definition) is 4. The molecule has 3 N–H and O–H groups in total. The molecule has 8 nitrogen and oxygen atoms in total. The maximum atomic E-state index is 11.7. The van der Waals surface area contributed by atoms with Gasteiger partial charge in [0.2, 0.25) is 5.91 Å². The van der Waals surface area contributed by atoms with Crippen LogP contribution in [0.3, 0.4) is 0 Å². The zero-order valence-corrected chi connectivity index (χ0v) is 12.6. The lowest BCUT2D eigenvalue weighted by Crippen LogP contribution is -2.39. The van der Waals surface area contributed by atoms with Crippen LogP contribution in [0.15, 0.2) is 0 Å². The Bertz CT molecular complexity index is 525. The molecule has 116 valence electrons. The lowest BCUT2D eigenvalue weighted by molar-refractivity contribution is -0.125. The summed E-state index contributed by atoms with van der Waals surface area (Å²) < 4.78 is 1.60. The summed E-state index contributed by atoms with van der Waals surface area (Å²) in [4.78, 5) is 23.2. The van der Waals surface area contributed by atoms with Crippen LogP contribution >= 0.6 is 0 Å². The second-order valence-corrected chi connectivity index (χ2v) is 5.61. The fourth-order valence-corrected chi connectivity index (χ4v) is 2.11. The molecule has 0 fully saturated rings. The first-order valence-electron chi connectivity index (χ1n) is 7.21. The van der Waals surface area contributed by atoms with Crippen molar-refractivity contribution in [2.75, 3.05) is 6.54 Å². The SMILES string of the molecule is CC(C)CCNC(=O)NCc1nnn2c1CNC(=O)C2C. The van der Waals surface area contributed by atoms with Crippen LogP contribution in [-0.2, 0) is 17.9 Å². The van der Waals surface area contributed by atoms with E-state index in [1.807, 2.05) is 0 Å². The Kier molecular flexibility index (Phi) is 4.77. The summed E-state index contributed by atoms with van der Waals surface area (Å²) in [5, 5.41) is 16.4. The average molecular weight is 294 g/mol. The molecule has 0 bridgehead atoms. The molecule has 0 aliphatic carbocycles. The maximum Gasteiger partial charge on any atom is 0.315 e. The van der Waals surface area contributed by atoms with Crippen molar-refractivity contribution in [3.8, 4) is 0 Å². The van der Waals surface area contributed by atoms with Gasteiger partial charge in [-0.05, 0) is 19.3 Å². The van der Waals surface area contributed by atoms with E-state index in [9.17, 15) is 9.59 Å². The standard InChI is InChI=1S/C13H22N6O2/c1-8(2)4-5-14-13(21)16-6-10-11-7-15-12(20)9(3)19(11)18-17-10/h8-9H,4-7H2,1-3H3,(H,15,20)(H2,14,16,21). The average Bonchev–Trinajstić information content (AvgIpc) is 2.84. The highest BCUT2D eigenvalue weighted by Gasteiger charge is 2.27. The predicted octanol–water partition coefficient (Wildman–Crippen LogP) is 0.314. The third kappa shape index (κ3) is 3.71. The number of hydrogen-bond donors (Lipinski definition) is 3. The van der Waals surface area contributed by atoms with Gasteiger partial charge in [-0.1, -0.05) is 19.1 Å². The van der Waals surface area contributed by atoms with Gasteiger partial charge in [0.15, 0.2) is 0 Å².